The Bertz CT molecular complexity index is 475. The Morgan fingerprint density at radius 3 is 2.45 bits per heavy atom. The van der Waals surface area contributed by atoms with E-state index in [2.05, 4.69) is 15.6 Å². The molecular formula is C16H26ClN3O2. The summed E-state index contributed by atoms with van der Waals surface area (Å²) in [4.78, 5) is 4.18. The third kappa shape index (κ3) is 7.00. The summed E-state index contributed by atoms with van der Waals surface area (Å²) in [6.45, 7) is 7.32. The third-order valence-corrected chi connectivity index (χ3v) is 3.42. The summed E-state index contributed by atoms with van der Waals surface area (Å²) in [5, 5.41) is 7.16. The van der Waals surface area contributed by atoms with Crippen molar-refractivity contribution in [3.05, 3.63) is 29.3 Å². The number of nitrogens with zero attached hydrogens (tertiary/aromatic N) is 1. The maximum atomic E-state index is 5.85. The molecule has 0 saturated heterocycles. The van der Waals surface area contributed by atoms with Crippen LogP contribution >= 0.6 is 11.6 Å². The van der Waals surface area contributed by atoms with Gasteiger partial charge in [0, 0.05) is 25.7 Å². The van der Waals surface area contributed by atoms with Crippen LogP contribution < -0.4 is 15.4 Å². The van der Waals surface area contributed by atoms with Crippen molar-refractivity contribution in [1.29, 1.82) is 0 Å². The number of guanidine groups is 1. The molecule has 1 aromatic carbocycles. The van der Waals surface area contributed by atoms with E-state index < -0.39 is 0 Å². The topological polar surface area (TPSA) is 54.9 Å². The second-order valence-electron chi connectivity index (χ2n) is 5.65. The number of hydrogen-bond donors (Lipinski definition) is 2. The van der Waals surface area contributed by atoms with Crippen LogP contribution in [0, 0.1) is 0 Å². The van der Waals surface area contributed by atoms with E-state index in [0.717, 1.165) is 11.7 Å². The second kappa shape index (κ2) is 8.86. The molecule has 0 saturated carbocycles. The molecule has 1 rings (SSSR count). The first kappa shape index (κ1) is 18.6. The maximum Gasteiger partial charge on any atom is 0.191 e. The van der Waals surface area contributed by atoms with Crippen LogP contribution in [0.3, 0.4) is 0 Å². The van der Waals surface area contributed by atoms with Gasteiger partial charge in [0.1, 0.15) is 11.9 Å². The van der Waals surface area contributed by atoms with Crippen LogP contribution in [0.25, 0.3) is 0 Å². The largest absolute Gasteiger partial charge is 0.489 e. The molecule has 0 radical (unpaired) electrons. The Kier molecular flexibility index (Phi) is 7.48. The number of hydrogen-bond acceptors (Lipinski definition) is 3. The van der Waals surface area contributed by atoms with Gasteiger partial charge in [-0.05, 0) is 45.0 Å². The van der Waals surface area contributed by atoms with Gasteiger partial charge in [0.05, 0.1) is 12.1 Å². The van der Waals surface area contributed by atoms with Crippen molar-refractivity contribution in [2.75, 3.05) is 27.2 Å². The van der Waals surface area contributed by atoms with Crippen LogP contribution in [-0.4, -0.2) is 44.9 Å². The highest BCUT2D eigenvalue weighted by Gasteiger charge is 2.16. The summed E-state index contributed by atoms with van der Waals surface area (Å²) in [5.74, 6) is 1.51. The van der Waals surface area contributed by atoms with E-state index in [0.29, 0.717) is 18.1 Å². The molecule has 0 bridgehead atoms. The SMILES string of the molecule is CN=C(NCC(C)Oc1ccc(Cl)cc1)NCC(C)(C)OC. The number of nitrogens with one attached hydrogen (secondary N) is 2. The molecule has 0 fully saturated rings. The minimum atomic E-state index is -0.247. The van der Waals surface area contributed by atoms with Crippen LogP contribution in [-0.2, 0) is 4.74 Å². The second-order valence-corrected chi connectivity index (χ2v) is 6.09. The van der Waals surface area contributed by atoms with Crippen molar-refractivity contribution in [1.82, 2.24) is 10.6 Å². The van der Waals surface area contributed by atoms with Crippen molar-refractivity contribution in [3.8, 4) is 5.75 Å². The lowest BCUT2D eigenvalue weighted by molar-refractivity contribution is 0.0268. The van der Waals surface area contributed by atoms with Crippen molar-refractivity contribution < 1.29 is 9.47 Å². The van der Waals surface area contributed by atoms with Gasteiger partial charge >= 0.3 is 0 Å². The Balaban J connectivity index is 2.38. The lowest BCUT2D eigenvalue weighted by Crippen LogP contribution is -2.47. The molecule has 1 unspecified atom stereocenters. The number of ether oxygens (including phenoxy) is 2. The zero-order valence-electron chi connectivity index (χ0n) is 13.9. The van der Waals surface area contributed by atoms with Crippen molar-refractivity contribution >= 4 is 17.6 Å². The lowest BCUT2D eigenvalue weighted by Gasteiger charge is -2.25. The predicted molar refractivity (Wildman–Crippen MR) is 92.0 cm³/mol. The molecule has 0 amide bonds. The fourth-order valence-corrected chi connectivity index (χ4v) is 1.74. The maximum absolute atomic E-state index is 5.85. The van der Waals surface area contributed by atoms with Crippen LogP contribution in [0.1, 0.15) is 20.8 Å². The molecule has 22 heavy (non-hydrogen) atoms. The zero-order valence-corrected chi connectivity index (χ0v) is 14.7. The highest BCUT2D eigenvalue weighted by atomic mass is 35.5. The van der Waals surface area contributed by atoms with Gasteiger partial charge < -0.3 is 20.1 Å². The summed E-state index contributed by atoms with van der Waals surface area (Å²) >= 11 is 5.85. The first-order chi connectivity index (χ1) is 10.4. The Labute approximate surface area is 138 Å². The van der Waals surface area contributed by atoms with Gasteiger partial charge in [-0.2, -0.15) is 0 Å². The molecule has 0 spiro atoms. The predicted octanol–water partition coefficient (Wildman–Crippen LogP) is 2.70. The molecule has 6 heteroatoms. The molecule has 0 aliphatic rings. The zero-order chi connectivity index (χ0) is 16.6. The van der Waals surface area contributed by atoms with Crippen molar-refractivity contribution in [2.45, 2.75) is 32.5 Å². The molecule has 5 nitrogen and oxygen atoms in total. The van der Waals surface area contributed by atoms with E-state index in [9.17, 15) is 0 Å². The minimum absolute atomic E-state index is 0.00448. The van der Waals surface area contributed by atoms with E-state index in [1.165, 1.54) is 0 Å². The fraction of sp³-hybridized carbons (Fsp3) is 0.562. The molecule has 1 atom stereocenters. The number of aliphatic imine (C=N–C) groups is 1. The van der Waals surface area contributed by atoms with E-state index in [4.69, 9.17) is 21.1 Å². The summed E-state index contributed by atoms with van der Waals surface area (Å²) in [7, 11) is 3.43. The van der Waals surface area contributed by atoms with Crippen LogP contribution in [0.5, 0.6) is 5.75 Å². The molecule has 124 valence electrons. The number of rotatable bonds is 7. The molecular weight excluding hydrogens is 302 g/mol. The molecule has 1 aromatic rings. The van der Waals surface area contributed by atoms with Crippen molar-refractivity contribution in [3.63, 3.8) is 0 Å². The Morgan fingerprint density at radius 2 is 1.91 bits per heavy atom. The molecule has 0 aliphatic carbocycles. The van der Waals surface area contributed by atoms with E-state index in [1.54, 1.807) is 14.2 Å². The number of halogens is 1. The molecule has 2 N–H and O–H groups in total. The minimum Gasteiger partial charge on any atom is -0.489 e. The van der Waals surface area contributed by atoms with E-state index in [1.807, 2.05) is 45.0 Å². The summed E-state index contributed by atoms with van der Waals surface area (Å²) in [6, 6.07) is 7.33. The van der Waals surface area contributed by atoms with Gasteiger partial charge in [-0.15, -0.1) is 0 Å². The highest BCUT2D eigenvalue weighted by Crippen LogP contribution is 2.16. The Hall–Kier alpha value is -1.46. The van der Waals surface area contributed by atoms with Crippen LogP contribution in [0.15, 0.2) is 29.3 Å². The molecule has 0 aromatic heterocycles. The fourth-order valence-electron chi connectivity index (χ4n) is 1.62. The van der Waals surface area contributed by atoms with Gasteiger partial charge in [0.25, 0.3) is 0 Å². The summed E-state index contributed by atoms with van der Waals surface area (Å²) < 4.78 is 11.2. The number of methoxy groups -OCH3 is 1. The van der Waals surface area contributed by atoms with Gasteiger partial charge in [0.15, 0.2) is 5.96 Å². The first-order valence-electron chi connectivity index (χ1n) is 7.28. The normalized spacial score (nSPS) is 13.6. The average Bonchev–Trinajstić information content (AvgIpc) is 2.50. The molecule has 0 heterocycles. The standard InChI is InChI=1S/C16H26ClN3O2/c1-12(22-14-8-6-13(17)7-9-14)10-19-15(18-4)20-11-16(2,3)21-5/h6-9,12H,10-11H2,1-5H3,(H2,18,19,20). The first-order valence-corrected chi connectivity index (χ1v) is 7.66. The van der Waals surface area contributed by atoms with Gasteiger partial charge in [-0.25, -0.2) is 0 Å². The monoisotopic (exact) mass is 327 g/mol. The smallest absolute Gasteiger partial charge is 0.191 e. The van der Waals surface area contributed by atoms with Crippen LogP contribution in [0.2, 0.25) is 5.02 Å². The summed E-state index contributed by atoms with van der Waals surface area (Å²) in [5.41, 5.74) is -0.247. The lowest BCUT2D eigenvalue weighted by atomic mass is 10.1. The molecule has 0 aliphatic heterocycles. The van der Waals surface area contributed by atoms with Gasteiger partial charge in [-0.3, -0.25) is 4.99 Å². The summed E-state index contributed by atoms with van der Waals surface area (Å²) in [6.07, 6.45) is -0.00448. The third-order valence-electron chi connectivity index (χ3n) is 3.17. The average molecular weight is 328 g/mol. The van der Waals surface area contributed by atoms with E-state index >= 15 is 0 Å². The van der Waals surface area contributed by atoms with Gasteiger partial charge in [-0.1, -0.05) is 11.6 Å². The van der Waals surface area contributed by atoms with Crippen LogP contribution in [0.4, 0.5) is 0 Å². The highest BCUT2D eigenvalue weighted by molar-refractivity contribution is 6.30. The van der Waals surface area contributed by atoms with Gasteiger partial charge in [0.2, 0.25) is 0 Å². The van der Waals surface area contributed by atoms with Crippen molar-refractivity contribution in [2.24, 2.45) is 4.99 Å². The number of benzene rings is 1. The van der Waals surface area contributed by atoms with E-state index in [-0.39, 0.29) is 11.7 Å². The Morgan fingerprint density at radius 1 is 1.27 bits per heavy atom. The quantitative estimate of drug-likeness (QED) is 0.597.